The average molecular weight is 527 g/mol. The van der Waals surface area contributed by atoms with E-state index in [1.165, 1.54) is 12.8 Å². The Morgan fingerprint density at radius 2 is 1.88 bits per heavy atom. The molecule has 3 heterocycles. The molecule has 0 unspecified atom stereocenters. The highest BCUT2D eigenvalue weighted by molar-refractivity contribution is 9.10. The highest BCUT2D eigenvalue weighted by atomic mass is 79.9. The number of H-pyrrole nitrogens is 1. The van der Waals surface area contributed by atoms with Crippen LogP contribution in [0.25, 0.3) is 22.6 Å². The van der Waals surface area contributed by atoms with Crippen LogP contribution in [0.5, 0.6) is 5.75 Å². The van der Waals surface area contributed by atoms with Gasteiger partial charge in [-0.1, -0.05) is 12.8 Å². The molecule has 0 bridgehead atoms. The number of anilines is 1. The number of amides is 1. The highest BCUT2D eigenvalue weighted by Crippen LogP contribution is 2.32. The smallest absolute Gasteiger partial charge is 0.258 e. The number of carbonyl (C=O) groups is 1. The first-order valence-electron chi connectivity index (χ1n) is 12.1. The SMILES string of the molecule is CN1CCC(Nc2c(Br)cnc3nc(-c4ccc(OCC(=O)NC5CCCC5)cc4)[nH]c23)CC1. The summed E-state index contributed by atoms with van der Waals surface area (Å²) in [5.74, 6) is 1.35. The van der Waals surface area contributed by atoms with Crippen molar-refractivity contribution in [3.8, 4) is 17.1 Å². The molecule has 2 fully saturated rings. The van der Waals surface area contributed by atoms with Crippen molar-refractivity contribution >= 4 is 38.7 Å². The summed E-state index contributed by atoms with van der Waals surface area (Å²) in [6, 6.07) is 8.35. The molecule has 2 aromatic heterocycles. The maximum atomic E-state index is 12.1. The summed E-state index contributed by atoms with van der Waals surface area (Å²) in [5.41, 5.74) is 3.51. The Labute approximate surface area is 208 Å². The number of piperidine rings is 1. The van der Waals surface area contributed by atoms with Crippen molar-refractivity contribution in [2.75, 3.05) is 32.1 Å². The first-order valence-corrected chi connectivity index (χ1v) is 12.9. The summed E-state index contributed by atoms with van der Waals surface area (Å²) in [4.78, 5) is 27.1. The molecule has 9 heteroatoms. The van der Waals surface area contributed by atoms with E-state index in [1.807, 2.05) is 24.3 Å². The van der Waals surface area contributed by atoms with Gasteiger partial charge in [0.15, 0.2) is 12.3 Å². The van der Waals surface area contributed by atoms with E-state index < -0.39 is 0 Å². The fourth-order valence-corrected chi connectivity index (χ4v) is 5.18. The van der Waals surface area contributed by atoms with Crippen LogP contribution in [0.2, 0.25) is 0 Å². The summed E-state index contributed by atoms with van der Waals surface area (Å²) < 4.78 is 6.60. The molecule has 180 valence electrons. The third kappa shape index (κ3) is 5.36. The lowest BCUT2D eigenvalue weighted by Crippen LogP contribution is -2.36. The maximum absolute atomic E-state index is 12.1. The number of halogens is 1. The van der Waals surface area contributed by atoms with Crippen LogP contribution in [0.4, 0.5) is 5.69 Å². The van der Waals surface area contributed by atoms with Crippen molar-refractivity contribution in [2.24, 2.45) is 0 Å². The Hall–Kier alpha value is -2.65. The number of pyridine rings is 1. The number of rotatable bonds is 7. The largest absolute Gasteiger partial charge is 0.484 e. The summed E-state index contributed by atoms with van der Waals surface area (Å²) in [5, 5.41) is 6.74. The summed E-state index contributed by atoms with van der Waals surface area (Å²) in [7, 11) is 2.17. The van der Waals surface area contributed by atoms with E-state index in [9.17, 15) is 4.79 Å². The first-order chi connectivity index (χ1) is 16.5. The van der Waals surface area contributed by atoms with Gasteiger partial charge < -0.3 is 25.3 Å². The van der Waals surface area contributed by atoms with Crippen LogP contribution in [-0.4, -0.2) is 64.6 Å². The van der Waals surface area contributed by atoms with Gasteiger partial charge in [-0.15, -0.1) is 0 Å². The molecule has 1 amide bonds. The quantitative estimate of drug-likeness (QED) is 0.424. The minimum atomic E-state index is -0.0606. The van der Waals surface area contributed by atoms with Gasteiger partial charge in [-0.25, -0.2) is 9.97 Å². The monoisotopic (exact) mass is 526 g/mol. The molecule has 3 aromatic rings. The number of likely N-dealkylation sites (tertiary alicyclic amines) is 1. The zero-order chi connectivity index (χ0) is 23.5. The molecule has 34 heavy (non-hydrogen) atoms. The second kappa shape index (κ2) is 10.3. The summed E-state index contributed by atoms with van der Waals surface area (Å²) in [6.45, 7) is 2.22. The number of benzene rings is 1. The topological polar surface area (TPSA) is 95.2 Å². The molecular weight excluding hydrogens is 496 g/mol. The lowest BCUT2D eigenvalue weighted by atomic mass is 10.1. The fraction of sp³-hybridized carbons (Fsp3) is 0.480. The summed E-state index contributed by atoms with van der Waals surface area (Å²) in [6.07, 6.45) is 8.53. The van der Waals surface area contributed by atoms with Crippen LogP contribution in [0.3, 0.4) is 0 Å². The first kappa shape index (κ1) is 23.1. The second-order valence-electron chi connectivity index (χ2n) is 9.35. The van der Waals surface area contributed by atoms with E-state index >= 15 is 0 Å². The van der Waals surface area contributed by atoms with Crippen LogP contribution >= 0.6 is 15.9 Å². The number of hydrogen-bond acceptors (Lipinski definition) is 6. The Morgan fingerprint density at radius 1 is 1.15 bits per heavy atom. The lowest BCUT2D eigenvalue weighted by Gasteiger charge is -2.30. The minimum absolute atomic E-state index is 0.0322. The molecule has 1 saturated heterocycles. The van der Waals surface area contributed by atoms with Crippen molar-refractivity contribution < 1.29 is 9.53 Å². The molecule has 3 N–H and O–H groups in total. The number of nitrogens with zero attached hydrogens (tertiary/aromatic N) is 3. The fourth-order valence-electron chi connectivity index (χ4n) is 4.77. The molecule has 1 aliphatic heterocycles. The third-order valence-corrected chi connectivity index (χ3v) is 7.36. The van der Waals surface area contributed by atoms with Gasteiger partial charge in [0.1, 0.15) is 17.1 Å². The zero-order valence-corrected chi connectivity index (χ0v) is 21.0. The number of carbonyl (C=O) groups excluding carboxylic acids is 1. The Kier molecular flexibility index (Phi) is 7.01. The number of fused-ring (bicyclic) bond motifs is 1. The van der Waals surface area contributed by atoms with E-state index in [0.717, 1.165) is 65.8 Å². The number of aromatic amines is 1. The third-order valence-electron chi connectivity index (χ3n) is 6.76. The number of ether oxygens (including phenoxy) is 1. The lowest BCUT2D eigenvalue weighted by molar-refractivity contribution is -0.123. The summed E-state index contributed by atoms with van der Waals surface area (Å²) >= 11 is 3.65. The predicted molar refractivity (Wildman–Crippen MR) is 137 cm³/mol. The molecule has 1 aliphatic carbocycles. The van der Waals surface area contributed by atoms with Gasteiger partial charge in [0.25, 0.3) is 5.91 Å². The van der Waals surface area contributed by atoms with Crippen LogP contribution in [-0.2, 0) is 4.79 Å². The van der Waals surface area contributed by atoms with Gasteiger partial charge in [-0.2, -0.15) is 0 Å². The average Bonchev–Trinajstić information content (AvgIpc) is 3.51. The molecule has 0 atom stereocenters. The maximum Gasteiger partial charge on any atom is 0.258 e. The van der Waals surface area contributed by atoms with Crippen LogP contribution < -0.4 is 15.4 Å². The van der Waals surface area contributed by atoms with Crippen molar-refractivity contribution in [3.63, 3.8) is 0 Å². The molecule has 1 aromatic carbocycles. The van der Waals surface area contributed by atoms with Crippen molar-refractivity contribution in [1.29, 1.82) is 0 Å². The second-order valence-corrected chi connectivity index (χ2v) is 10.2. The normalized spacial score (nSPS) is 17.8. The van der Waals surface area contributed by atoms with E-state index in [-0.39, 0.29) is 12.5 Å². The molecule has 0 spiro atoms. The number of nitrogens with one attached hydrogen (secondary N) is 3. The van der Waals surface area contributed by atoms with Gasteiger partial charge in [-0.3, -0.25) is 4.79 Å². The van der Waals surface area contributed by atoms with Crippen molar-refractivity contribution in [3.05, 3.63) is 34.9 Å². The molecule has 8 nitrogen and oxygen atoms in total. The van der Waals surface area contributed by atoms with Crippen molar-refractivity contribution in [2.45, 2.75) is 50.6 Å². The Balaban J connectivity index is 1.26. The van der Waals surface area contributed by atoms with Crippen LogP contribution in [0.15, 0.2) is 34.9 Å². The Morgan fingerprint density at radius 3 is 2.62 bits per heavy atom. The Bertz CT molecular complexity index is 1130. The van der Waals surface area contributed by atoms with E-state index in [1.54, 1.807) is 6.20 Å². The molecule has 2 aliphatic rings. The van der Waals surface area contributed by atoms with Gasteiger partial charge in [-0.05, 0) is 86.0 Å². The van der Waals surface area contributed by atoms with Gasteiger partial charge in [0.2, 0.25) is 0 Å². The number of hydrogen-bond donors (Lipinski definition) is 3. The van der Waals surface area contributed by atoms with Crippen LogP contribution in [0, 0.1) is 0 Å². The molecule has 1 saturated carbocycles. The zero-order valence-electron chi connectivity index (χ0n) is 19.4. The minimum Gasteiger partial charge on any atom is -0.484 e. The van der Waals surface area contributed by atoms with E-state index in [2.05, 4.69) is 48.5 Å². The predicted octanol–water partition coefficient (Wildman–Crippen LogP) is 4.33. The van der Waals surface area contributed by atoms with Gasteiger partial charge >= 0.3 is 0 Å². The number of aromatic nitrogens is 3. The van der Waals surface area contributed by atoms with Gasteiger partial charge in [0.05, 0.1) is 10.2 Å². The number of imidazole rings is 1. The molecule has 5 rings (SSSR count). The van der Waals surface area contributed by atoms with Gasteiger partial charge in [0, 0.05) is 23.8 Å². The highest BCUT2D eigenvalue weighted by Gasteiger charge is 2.20. The molecule has 0 radical (unpaired) electrons. The standard InChI is InChI=1S/C25H31BrN6O2/c1-32-12-10-18(11-13-32)29-22-20(26)14-27-25-23(22)30-24(31-25)16-6-8-19(9-7-16)34-15-21(33)28-17-4-2-3-5-17/h6-9,14,17-18H,2-5,10-13,15H2,1H3,(H,28,33)(H2,27,29,30,31). The van der Waals surface area contributed by atoms with Crippen molar-refractivity contribution in [1.82, 2.24) is 25.2 Å². The van der Waals surface area contributed by atoms with E-state index in [4.69, 9.17) is 9.72 Å². The van der Waals surface area contributed by atoms with Crippen LogP contribution in [0.1, 0.15) is 38.5 Å². The molecular formula is C25H31BrN6O2. The van der Waals surface area contributed by atoms with E-state index in [0.29, 0.717) is 23.5 Å².